The van der Waals surface area contributed by atoms with Gasteiger partial charge in [-0.3, -0.25) is 4.90 Å². The summed E-state index contributed by atoms with van der Waals surface area (Å²) in [6.45, 7) is 7.43. The van der Waals surface area contributed by atoms with E-state index in [1.165, 1.54) is 30.5 Å². The predicted octanol–water partition coefficient (Wildman–Crippen LogP) is 2.20. The molecule has 110 valence electrons. The molecule has 0 spiro atoms. The largest absolute Gasteiger partial charge is 0.374 e. The van der Waals surface area contributed by atoms with Crippen LogP contribution in [0, 0.1) is 0 Å². The Balaban J connectivity index is 1.45. The molecule has 0 radical (unpaired) electrons. The lowest BCUT2D eigenvalue weighted by Crippen LogP contribution is -2.49. The zero-order valence-corrected chi connectivity index (χ0v) is 12.5. The van der Waals surface area contributed by atoms with E-state index >= 15 is 0 Å². The molecule has 1 aromatic rings. The molecule has 3 rings (SSSR count). The van der Waals surface area contributed by atoms with Crippen LogP contribution in [0.1, 0.15) is 30.9 Å². The number of aryl methyl sites for hydroxylation is 1. The summed E-state index contributed by atoms with van der Waals surface area (Å²) < 4.78 is 5.98. The third-order valence-electron chi connectivity index (χ3n) is 4.65. The van der Waals surface area contributed by atoms with Crippen molar-refractivity contribution in [2.24, 2.45) is 0 Å². The summed E-state index contributed by atoms with van der Waals surface area (Å²) in [5.74, 6) is 0. The highest BCUT2D eigenvalue weighted by atomic mass is 16.5. The zero-order valence-electron chi connectivity index (χ0n) is 12.5. The molecule has 2 atom stereocenters. The Morgan fingerprint density at radius 3 is 3.00 bits per heavy atom. The first kappa shape index (κ1) is 14.1. The van der Waals surface area contributed by atoms with Crippen molar-refractivity contribution in [3.8, 4) is 0 Å². The number of hydrogen-bond donors (Lipinski definition) is 1. The van der Waals surface area contributed by atoms with Crippen LogP contribution in [0.15, 0.2) is 24.3 Å². The number of ether oxygens (including phenoxy) is 1. The summed E-state index contributed by atoms with van der Waals surface area (Å²) in [6, 6.07) is 9.40. The minimum Gasteiger partial charge on any atom is -0.374 e. The van der Waals surface area contributed by atoms with Gasteiger partial charge >= 0.3 is 0 Å². The standard InChI is InChI=1S/C17H26N2O/c1-2-14-6-3-4-7-15(14)10-18-11-17-12-19-9-5-8-16(19)13-20-17/h3-4,6-7,16-18H,2,5,8-13H2,1H3. The molecule has 3 heteroatoms. The molecule has 2 aliphatic heterocycles. The normalized spacial score (nSPS) is 26.6. The Hall–Kier alpha value is -0.900. The first-order chi connectivity index (χ1) is 9.86. The highest BCUT2D eigenvalue weighted by Gasteiger charge is 2.31. The Bertz CT molecular complexity index is 435. The number of nitrogens with zero attached hydrogens (tertiary/aromatic N) is 1. The second kappa shape index (κ2) is 6.70. The van der Waals surface area contributed by atoms with E-state index in [2.05, 4.69) is 41.4 Å². The van der Waals surface area contributed by atoms with Crippen LogP contribution in [0.4, 0.5) is 0 Å². The fourth-order valence-corrected chi connectivity index (χ4v) is 3.45. The minimum absolute atomic E-state index is 0.359. The summed E-state index contributed by atoms with van der Waals surface area (Å²) in [5.41, 5.74) is 2.87. The average molecular weight is 274 g/mol. The number of morpholine rings is 1. The number of rotatable bonds is 5. The van der Waals surface area contributed by atoms with Crippen molar-refractivity contribution in [3.63, 3.8) is 0 Å². The molecular formula is C17H26N2O. The van der Waals surface area contributed by atoms with Crippen molar-refractivity contribution in [1.29, 1.82) is 0 Å². The van der Waals surface area contributed by atoms with E-state index < -0.39 is 0 Å². The second-order valence-corrected chi connectivity index (χ2v) is 6.00. The van der Waals surface area contributed by atoms with Crippen LogP contribution < -0.4 is 5.32 Å². The number of hydrogen-bond acceptors (Lipinski definition) is 3. The van der Waals surface area contributed by atoms with E-state index in [0.717, 1.165) is 32.7 Å². The van der Waals surface area contributed by atoms with Crippen LogP contribution in [0.25, 0.3) is 0 Å². The Labute approximate surface area is 122 Å². The van der Waals surface area contributed by atoms with Crippen molar-refractivity contribution in [2.75, 3.05) is 26.2 Å². The van der Waals surface area contributed by atoms with E-state index in [0.29, 0.717) is 12.1 Å². The molecule has 2 fully saturated rings. The molecule has 2 unspecified atom stereocenters. The lowest BCUT2D eigenvalue weighted by Gasteiger charge is -2.35. The van der Waals surface area contributed by atoms with Gasteiger partial charge in [0, 0.05) is 25.7 Å². The predicted molar refractivity (Wildman–Crippen MR) is 81.9 cm³/mol. The molecule has 0 bridgehead atoms. The molecule has 0 aliphatic carbocycles. The van der Waals surface area contributed by atoms with Gasteiger partial charge in [0.15, 0.2) is 0 Å². The van der Waals surface area contributed by atoms with Gasteiger partial charge in [-0.25, -0.2) is 0 Å². The first-order valence-electron chi connectivity index (χ1n) is 8.00. The molecule has 1 N–H and O–H groups in total. The van der Waals surface area contributed by atoms with Crippen LogP contribution in [-0.2, 0) is 17.7 Å². The summed E-state index contributed by atoms with van der Waals surface area (Å²) >= 11 is 0. The maximum Gasteiger partial charge on any atom is 0.0827 e. The maximum atomic E-state index is 5.98. The van der Waals surface area contributed by atoms with Gasteiger partial charge in [-0.15, -0.1) is 0 Å². The fourth-order valence-electron chi connectivity index (χ4n) is 3.45. The van der Waals surface area contributed by atoms with Crippen molar-refractivity contribution < 1.29 is 4.74 Å². The van der Waals surface area contributed by atoms with Gasteiger partial charge in [-0.1, -0.05) is 31.2 Å². The zero-order chi connectivity index (χ0) is 13.8. The maximum absolute atomic E-state index is 5.98. The second-order valence-electron chi connectivity index (χ2n) is 6.00. The van der Waals surface area contributed by atoms with Gasteiger partial charge in [0.2, 0.25) is 0 Å². The Kier molecular flexibility index (Phi) is 4.71. The average Bonchev–Trinajstić information content (AvgIpc) is 2.95. The number of benzene rings is 1. The third-order valence-corrected chi connectivity index (χ3v) is 4.65. The molecule has 3 nitrogen and oxygen atoms in total. The molecular weight excluding hydrogens is 248 g/mol. The third kappa shape index (κ3) is 3.22. The molecule has 2 heterocycles. The molecule has 2 aliphatic rings. The summed E-state index contributed by atoms with van der Waals surface area (Å²) in [4.78, 5) is 2.61. The van der Waals surface area contributed by atoms with Crippen molar-refractivity contribution >= 4 is 0 Å². The molecule has 0 amide bonds. The minimum atomic E-state index is 0.359. The Morgan fingerprint density at radius 2 is 2.15 bits per heavy atom. The van der Waals surface area contributed by atoms with Crippen molar-refractivity contribution in [2.45, 2.75) is 44.9 Å². The summed E-state index contributed by atoms with van der Waals surface area (Å²) in [7, 11) is 0. The smallest absolute Gasteiger partial charge is 0.0827 e. The SMILES string of the molecule is CCc1ccccc1CNCC1CN2CCCC2CO1. The molecule has 1 aromatic carbocycles. The van der Waals surface area contributed by atoms with Crippen LogP contribution in [0.3, 0.4) is 0 Å². The van der Waals surface area contributed by atoms with E-state index in [1.807, 2.05) is 0 Å². The Morgan fingerprint density at radius 1 is 1.30 bits per heavy atom. The van der Waals surface area contributed by atoms with Gasteiger partial charge in [-0.05, 0) is 36.9 Å². The van der Waals surface area contributed by atoms with E-state index in [-0.39, 0.29) is 0 Å². The number of fused-ring (bicyclic) bond motifs is 1. The summed E-state index contributed by atoms with van der Waals surface area (Å²) in [5, 5.41) is 3.57. The monoisotopic (exact) mass is 274 g/mol. The van der Waals surface area contributed by atoms with Gasteiger partial charge in [0.25, 0.3) is 0 Å². The van der Waals surface area contributed by atoms with Crippen LogP contribution in [0.5, 0.6) is 0 Å². The van der Waals surface area contributed by atoms with E-state index in [4.69, 9.17) is 4.74 Å². The lowest BCUT2D eigenvalue weighted by atomic mass is 10.1. The first-order valence-corrected chi connectivity index (χ1v) is 8.00. The molecule has 0 aromatic heterocycles. The van der Waals surface area contributed by atoms with Crippen molar-refractivity contribution in [1.82, 2.24) is 10.2 Å². The number of nitrogens with one attached hydrogen (secondary N) is 1. The topological polar surface area (TPSA) is 24.5 Å². The van der Waals surface area contributed by atoms with E-state index in [1.54, 1.807) is 0 Å². The highest BCUT2D eigenvalue weighted by molar-refractivity contribution is 5.26. The van der Waals surface area contributed by atoms with Crippen LogP contribution in [-0.4, -0.2) is 43.3 Å². The quantitative estimate of drug-likeness (QED) is 0.891. The highest BCUT2D eigenvalue weighted by Crippen LogP contribution is 2.22. The summed E-state index contributed by atoms with van der Waals surface area (Å²) in [6.07, 6.45) is 4.13. The van der Waals surface area contributed by atoms with Gasteiger partial charge < -0.3 is 10.1 Å². The molecule has 2 saturated heterocycles. The van der Waals surface area contributed by atoms with Gasteiger partial charge in [0.1, 0.15) is 0 Å². The van der Waals surface area contributed by atoms with Gasteiger partial charge in [-0.2, -0.15) is 0 Å². The lowest BCUT2D eigenvalue weighted by molar-refractivity contribution is -0.0470. The van der Waals surface area contributed by atoms with Crippen LogP contribution >= 0.6 is 0 Å². The van der Waals surface area contributed by atoms with Crippen LogP contribution in [0.2, 0.25) is 0 Å². The fraction of sp³-hybridized carbons (Fsp3) is 0.647. The molecule has 0 saturated carbocycles. The van der Waals surface area contributed by atoms with Crippen molar-refractivity contribution in [3.05, 3.63) is 35.4 Å². The van der Waals surface area contributed by atoms with E-state index in [9.17, 15) is 0 Å². The van der Waals surface area contributed by atoms with Gasteiger partial charge in [0.05, 0.1) is 12.7 Å². The molecule has 20 heavy (non-hydrogen) atoms.